The molecule has 0 bridgehead atoms. The number of carbonyl (C=O) groups is 2. The molecule has 0 saturated carbocycles. The fourth-order valence-corrected chi connectivity index (χ4v) is 4.99. The Bertz CT molecular complexity index is 1360. The summed E-state index contributed by atoms with van der Waals surface area (Å²) in [6.07, 6.45) is 7.77. The maximum atomic E-state index is 12.2. The van der Waals surface area contributed by atoms with Crippen LogP contribution in [-0.4, -0.2) is 73.8 Å². The first kappa shape index (κ1) is 30.3. The number of hydrogen-bond acceptors (Lipinski definition) is 5. The number of anilines is 1. The van der Waals surface area contributed by atoms with Crippen LogP contribution in [0.2, 0.25) is 0 Å². The number of amides is 1. The van der Waals surface area contributed by atoms with Gasteiger partial charge in [0.25, 0.3) is 5.91 Å². The summed E-state index contributed by atoms with van der Waals surface area (Å²) in [6, 6.07) is 13.3. The molecule has 1 amide bonds. The second-order valence-electron chi connectivity index (χ2n) is 10.5. The van der Waals surface area contributed by atoms with Gasteiger partial charge in [-0.2, -0.15) is 0 Å². The summed E-state index contributed by atoms with van der Waals surface area (Å²) in [6.45, 7) is 12.9. The van der Waals surface area contributed by atoms with E-state index in [-0.39, 0.29) is 11.5 Å². The van der Waals surface area contributed by atoms with E-state index in [2.05, 4.69) is 48.2 Å². The van der Waals surface area contributed by atoms with Gasteiger partial charge < -0.3 is 15.7 Å². The molecule has 1 heterocycles. The Balaban J connectivity index is 1.67. The number of rotatable bonds is 10. The average molecular weight is 541 g/mol. The standard InChI is InChI=1S/C33H40N4O3/c1-22(21-37-17-14-26(15-18-37)25-7-9-27(10-8-25)32(38)36(5)6)19-23(2)29(13-16-35-4)28-11-12-31(34)30(20-28)24(3)33(39)40/h7-13,16,19-20,26H,2-3,14-15,17-18,21,34H2,1,4-6H3,(H,39,40)/b22-19+,29-13+,35-16?. The van der Waals surface area contributed by atoms with E-state index in [0.717, 1.165) is 49.2 Å². The summed E-state index contributed by atoms with van der Waals surface area (Å²) < 4.78 is 0. The maximum Gasteiger partial charge on any atom is 0.335 e. The minimum Gasteiger partial charge on any atom is -0.478 e. The first-order valence-electron chi connectivity index (χ1n) is 13.4. The predicted octanol–water partition coefficient (Wildman–Crippen LogP) is 5.53. The van der Waals surface area contributed by atoms with E-state index in [0.29, 0.717) is 22.7 Å². The van der Waals surface area contributed by atoms with Crippen molar-refractivity contribution in [2.75, 3.05) is 46.5 Å². The van der Waals surface area contributed by atoms with Crippen molar-refractivity contribution in [1.29, 1.82) is 0 Å². The lowest BCUT2D eigenvalue weighted by atomic mass is 9.88. The molecule has 3 N–H and O–H groups in total. The number of benzene rings is 2. The van der Waals surface area contributed by atoms with E-state index in [1.54, 1.807) is 44.4 Å². The lowest BCUT2D eigenvalue weighted by Crippen LogP contribution is -2.34. The summed E-state index contributed by atoms with van der Waals surface area (Å²) in [4.78, 5) is 31.8. The molecule has 1 saturated heterocycles. The average Bonchev–Trinajstić information content (AvgIpc) is 2.93. The largest absolute Gasteiger partial charge is 0.478 e. The molecule has 1 aliphatic heterocycles. The van der Waals surface area contributed by atoms with Gasteiger partial charge in [0.2, 0.25) is 0 Å². The monoisotopic (exact) mass is 540 g/mol. The van der Waals surface area contributed by atoms with Gasteiger partial charge in [-0.1, -0.05) is 43.0 Å². The van der Waals surface area contributed by atoms with Crippen LogP contribution in [0.3, 0.4) is 0 Å². The van der Waals surface area contributed by atoms with Gasteiger partial charge >= 0.3 is 5.97 Å². The van der Waals surface area contributed by atoms with Crippen LogP contribution in [0.1, 0.15) is 52.7 Å². The molecule has 7 nitrogen and oxygen atoms in total. The Kier molecular flexibility index (Phi) is 10.4. The number of carboxylic acids is 1. The molecule has 7 heteroatoms. The van der Waals surface area contributed by atoms with Crippen molar-refractivity contribution in [2.24, 2.45) is 4.99 Å². The number of nitrogen functional groups attached to an aromatic ring is 1. The molecule has 0 aliphatic carbocycles. The Labute approximate surface area is 237 Å². The molecule has 0 aromatic heterocycles. The molecule has 0 radical (unpaired) electrons. The highest BCUT2D eigenvalue weighted by atomic mass is 16.4. The quantitative estimate of drug-likeness (QED) is 0.179. The summed E-state index contributed by atoms with van der Waals surface area (Å²) in [5.74, 6) is -0.603. The molecule has 210 valence electrons. The van der Waals surface area contributed by atoms with E-state index in [1.165, 1.54) is 11.1 Å². The molecule has 2 aromatic rings. The fourth-order valence-electron chi connectivity index (χ4n) is 4.99. The normalized spacial score (nSPS) is 15.3. The highest BCUT2D eigenvalue weighted by Crippen LogP contribution is 2.31. The van der Waals surface area contributed by atoms with Gasteiger partial charge in [0.05, 0.1) is 5.57 Å². The Morgan fingerprint density at radius 2 is 1.73 bits per heavy atom. The van der Waals surface area contributed by atoms with E-state index in [9.17, 15) is 14.7 Å². The maximum absolute atomic E-state index is 12.2. The number of allylic oxidation sites excluding steroid dienone is 4. The summed E-state index contributed by atoms with van der Waals surface area (Å²) in [5.41, 5.74) is 12.3. The van der Waals surface area contributed by atoms with Crippen LogP contribution in [0, 0.1) is 0 Å². The van der Waals surface area contributed by atoms with E-state index in [4.69, 9.17) is 5.73 Å². The van der Waals surface area contributed by atoms with E-state index >= 15 is 0 Å². The Morgan fingerprint density at radius 1 is 1.10 bits per heavy atom. The third-order valence-electron chi connectivity index (χ3n) is 7.20. The number of nitrogens with two attached hydrogens (primary N) is 1. The van der Waals surface area contributed by atoms with Gasteiger partial charge in [0.15, 0.2) is 0 Å². The molecule has 0 spiro atoms. The zero-order valence-corrected chi connectivity index (χ0v) is 24.0. The van der Waals surface area contributed by atoms with Gasteiger partial charge in [-0.15, -0.1) is 0 Å². The van der Waals surface area contributed by atoms with Crippen LogP contribution < -0.4 is 5.73 Å². The molecule has 1 aliphatic rings. The number of nitrogens with zero attached hydrogens (tertiary/aromatic N) is 3. The third kappa shape index (κ3) is 7.67. The van der Waals surface area contributed by atoms with Crippen LogP contribution in [-0.2, 0) is 4.79 Å². The topological polar surface area (TPSA) is 99.2 Å². The number of piperidine rings is 1. The predicted molar refractivity (Wildman–Crippen MR) is 166 cm³/mol. The molecule has 0 unspecified atom stereocenters. The molecule has 2 aromatic carbocycles. The molecular weight excluding hydrogens is 500 g/mol. The van der Waals surface area contributed by atoms with Crippen molar-refractivity contribution in [1.82, 2.24) is 9.80 Å². The Hall–Kier alpha value is -4.23. The zero-order valence-electron chi connectivity index (χ0n) is 24.0. The van der Waals surface area contributed by atoms with Gasteiger partial charge in [-0.05, 0) is 91.4 Å². The summed E-state index contributed by atoms with van der Waals surface area (Å²) >= 11 is 0. The second kappa shape index (κ2) is 13.7. The number of carboxylic acid groups (broad SMARTS) is 1. The smallest absolute Gasteiger partial charge is 0.335 e. The van der Waals surface area contributed by atoms with Crippen LogP contribution in [0.15, 0.2) is 83.9 Å². The summed E-state index contributed by atoms with van der Waals surface area (Å²) in [7, 11) is 5.23. The van der Waals surface area contributed by atoms with Crippen molar-refractivity contribution in [2.45, 2.75) is 25.7 Å². The van der Waals surface area contributed by atoms with Crippen LogP contribution in [0.25, 0.3) is 11.1 Å². The second-order valence-corrected chi connectivity index (χ2v) is 10.5. The highest BCUT2D eigenvalue weighted by molar-refractivity contribution is 6.16. The minimum atomic E-state index is -1.11. The van der Waals surface area contributed by atoms with Crippen LogP contribution >= 0.6 is 0 Å². The first-order valence-corrected chi connectivity index (χ1v) is 13.4. The van der Waals surface area contributed by atoms with Crippen molar-refractivity contribution in [3.8, 4) is 0 Å². The van der Waals surface area contributed by atoms with Gasteiger partial charge in [0, 0.05) is 50.7 Å². The Morgan fingerprint density at radius 3 is 2.30 bits per heavy atom. The van der Waals surface area contributed by atoms with Crippen molar-refractivity contribution in [3.05, 3.63) is 101 Å². The SMILES string of the molecule is C=C(/C=C(\C)CN1CCC(c2ccc(C(=O)N(C)C)cc2)CC1)/C(=C\C=NC)c1ccc(N)c(C(=C)C(=O)O)c1. The lowest BCUT2D eigenvalue weighted by Gasteiger charge is -2.32. The van der Waals surface area contributed by atoms with E-state index in [1.807, 2.05) is 24.3 Å². The number of aliphatic imine (C=N–C) groups is 1. The number of likely N-dealkylation sites (tertiary alicyclic amines) is 1. The fraction of sp³-hybridized carbons (Fsp3) is 0.303. The van der Waals surface area contributed by atoms with Crippen molar-refractivity contribution >= 4 is 34.9 Å². The van der Waals surface area contributed by atoms with Crippen LogP contribution in [0.5, 0.6) is 0 Å². The first-order chi connectivity index (χ1) is 19.0. The number of carbonyl (C=O) groups excluding carboxylic acids is 1. The summed E-state index contributed by atoms with van der Waals surface area (Å²) in [5, 5.41) is 9.41. The number of hydrogen-bond donors (Lipinski definition) is 2. The minimum absolute atomic E-state index is 0.0211. The molecule has 3 rings (SSSR count). The van der Waals surface area contributed by atoms with Gasteiger partial charge in [0.1, 0.15) is 0 Å². The van der Waals surface area contributed by atoms with Crippen molar-refractivity contribution < 1.29 is 14.7 Å². The molecule has 40 heavy (non-hydrogen) atoms. The van der Waals surface area contributed by atoms with Crippen molar-refractivity contribution in [3.63, 3.8) is 0 Å². The molecule has 0 atom stereocenters. The lowest BCUT2D eigenvalue weighted by molar-refractivity contribution is -0.130. The van der Waals surface area contributed by atoms with Crippen LogP contribution in [0.4, 0.5) is 5.69 Å². The third-order valence-corrected chi connectivity index (χ3v) is 7.20. The van der Waals surface area contributed by atoms with Gasteiger partial charge in [-0.3, -0.25) is 14.7 Å². The van der Waals surface area contributed by atoms with Gasteiger partial charge in [-0.25, -0.2) is 4.79 Å². The molecular formula is C33H40N4O3. The van der Waals surface area contributed by atoms with E-state index < -0.39 is 5.97 Å². The zero-order chi connectivity index (χ0) is 29.4. The number of aliphatic carboxylic acids is 1. The molecule has 1 fully saturated rings. The highest BCUT2D eigenvalue weighted by Gasteiger charge is 2.21.